The summed E-state index contributed by atoms with van der Waals surface area (Å²) >= 11 is 1.53. The Labute approximate surface area is 203 Å². The normalized spacial score (nSPS) is 11.8. The number of nitrogens with one attached hydrogen (secondary N) is 1. The van der Waals surface area contributed by atoms with Gasteiger partial charge in [0.25, 0.3) is 0 Å². The van der Waals surface area contributed by atoms with Crippen LogP contribution < -0.4 is 14.2 Å². The van der Waals surface area contributed by atoms with E-state index >= 15 is 0 Å². The quantitative estimate of drug-likeness (QED) is 0.351. The predicted octanol–water partition coefficient (Wildman–Crippen LogP) is 4.44. The molecule has 3 aromatic heterocycles. The summed E-state index contributed by atoms with van der Waals surface area (Å²) in [5, 5.41) is 9.12. The average Bonchev–Trinajstić information content (AvgIpc) is 3.27. The zero-order chi connectivity index (χ0) is 24.1. The van der Waals surface area contributed by atoms with Crippen molar-refractivity contribution in [2.45, 2.75) is 32.4 Å². The number of hydrogen-bond acceptors (Lipinski definition) is 9. The Hall–Kier alpha value is -3.66. The molecule has 0 aliphatic heterocycles. The molecule has 176 valence electrons. The molecule has 0 saturated heterocycles. The van der Waals surface area contributed by atoms with Crippen LogP contribution in [0.4, 0.5) is 5.95 Å². The zero-order valence-corrected chi connectivity index (χ0v) is 20.6. The molecule has 0 amide bonds. The van der Waals surface area contributed by atoms with E-state index in [2.05, 4.69) is 36.8 Å². The highest BCUT2D eigenvalue weighted by Crippen LogP contribution is 2.38. The van der Waals surface area contributed by atoms with E-state index in [1.54, 1.807) is 26.6 Å². The number of aromatic nitrogens is 6. The lowest BCUT2D eigenvalue weighted by molar-refractivity contribution is 0.391. The number of methoxy groups -OCH3 is 2. The highest BCUT2D eigenvalue weighted by molar-refractivity contribution is 8.01. The first-order valence-electron chi connectivity index (χ1n) is 10.8. The van der Waals surface area contributed by atoms with Gasteiger partial charge in [0.1, 0.15) is 23.0 Å². The molecule has 9 nitrogen and oxygen atoms in total. The van der Waals surface area contributed by atoms with Crippen LogP contribution in [0, 0.1) is 13.8 Å². The Morgan fingerprint density at radius 3 is 2.32 bits per heavy atom. The molecule has 10 heteroatoms. The number of benzene rings is 1. The fourth-order valence-electron chi connectivity index (χ4n) is 3.46. The van der Waals surface area contributed by atoms with E-state index in [0.29, 0.717) is 35.4 Å². The number of nitrogens with zero attached hydrogens (tertiary/aromatic N) is 6. The lowest BCUT2D eigenvalue weighted by atomic mass is 10.2. The van der Waals surface area contributed by atoms with Crippen molar-refractivity contribution in [2.24, 2.45) is 0 Å². The molecule has 0 radical (unpaired) electrons. The van der Waals surface area contributed by atoms with Crippen LogP contribution in [0.5, 0.6) is 11.5 Å². The molecule has 1 aromatic carbocycles. The SMILES string of the molecule is COc1cccc(OC)c1-n1c(NSC(C)Cc2ncc(C)cn2)nnc1-c1cncc(C)c1. The zero-order valence-electron chi connectivity index (χ0n) is 19.8. The van der Waals surface area contributed by atoms with E-state index in [0.717, 1.165) is 22.5 Å². The molecule has 4 rings (SSSR count). The molecule has 1 unspecified atom stereocenters. The molecule has 34 heavy (non-hydrogen) atoms. The number of hydrogen-bond donors (Lipinski definition) is 1. The molecular weight excluding hydrogens is 450 g/mol. The van der Waals surface area contributed by atoms with E-state index in [1.807, 2.05) is 55.1 Å². The first-order chi connectivity index (χ1) is 16.5. The van der Waals surface area contributed by atoms with E-state index < -0.39 is 0 Å². The third kappa shape index (κ3) is 5.12. The minimum Gasteiger partial charge on any atom is -0.494 e. The Bertz CT molecular complexity index is 1240. The number of rotatable bonds is 9. The van der Waals surface area contributed by atoms with Gasteiger partial charge in [-0.15, -0.1) is 10.2 Å². The van der Waals surface area contributed by atoms with Gasteiger partial charge in [0.15, 0.2) is 5.82 Å². The van der Waals surface area contributed by atoms with Gasteiger partial charge in [0.2, 0.25) is 5.95 Å². The standard InChI is InChI=1S/C24H27N7O2S/c1-15-9-18(14-25-11-15)23-28-29-24(30-34-17(3)10-21-26-12-16(2)13-27-21)31(23)22-19(32-4)7-6-8-20(22)33-5/h6-9,11-14,17H,10H2,1-5H3,(H,29,30). The summed E-state index contributed by atoms with van der Waals surface area (Å²) in [6, 6.07) is 7.66. The van der Waals surface area contributed by atoms with Crippen LogP contribution >= 0.6 is 11.9 Å². The van der Waals surface area contributed by atoms with Crippen molar-refractivity contribution >= 4 is 17.9 Å². The van der Waals surface area contributed by atoms with Crippen molar-refractivity contribution in [1.82, 2.24) is 29.7 Å². The van der Waals surface area contributed by atoms with Crippen LogP contribution in [-0.4, -0.2) is 49.2 Å². The maximum atomic E-state index is 5.67. The maximum Gasteiger partial charge on any atom is 0.239 e. The topological polar surface area (TPSA) is 99.9 Å². The van der Waals surface area contributed by atoms with Gasteiger partial charge in [0.05, 0.1) is 14.2 Å². The molecule has 1 N–H and O–H groups in total. The predicted molar refractivity (Wildman–Crippen MR) is 134 cm³/mol. The number of anilines is 1. The summed E-state index contributed by atoms with van der Waals surface area (Å²) in [6.45, 7) is 6.07. The molecule has 1 atom stereocenters. The largest absolute Gasteiger partial charge is 0.494 e. The van der Waals surface area contributed by atoms with E-state index in [-0.39, 0.29) is 5.25 Å². The Morgan fingerprint density at radius 1 is 0.971 bits per heavy atom. The van der Waals surface area contributed by atoms with Crippen molar-refractivity contribution < 1.29 is 9.47 Å². The lowest BCUT2D eigenvalue weighted by Gasteiger charge is -2.18. The first-order valence-corrected chi connectivity index (χ1v) is 11.7. The summed E-state index contributed by atoms with van der Waals surface area (Å²) in [7, 11) is 3.25. The van der Waals surface area contributed by atoms with Crippen molar-refractivity contribution in [1.29, 1.82) is 0 Å². The van der Waals surface area contributed by atoms with Gasteiger partial charge < -0.3 is 9.47 Å². The third-order valence-corrected chi connectivity index (χ3v) is 5.95. The Kier molecular flexibility index (Phi) is 7.27. The second-order valence-corrected chi connectivity index (χ2v) is 9.10. The van der Waals surface area contributed by atoms with Crippen molar-refractivity contribution in [2.75, 3.05) is 18.9 Å². The minimum absolute atomic E-state index is 0.177. The van der Waals surface area contributed by atoms with Crippen molar-refractivity contribution in [3.63, 3.8) is 0 Å². The Balaban J connectivity index is 1.70. The number of pyridine rings is 1. The molecular formula is C24H27N7O2S. The van der Waals surface area contributed by atoms with Gasteiger partial charge in [-0.3, -0.25) is 14.3 Å². The maximum absolute atomic E-state index is 5.67. The molecule has 0 aliphatic rings. The molecule has 0 saturated carbocycles. The third-order valence-electron chi connectivity index (χ3n) is 5.08. The monoisotopic (exact) mass is 477 g/mol. The summed E-state index contributed by atoms with van der Waals surface area (Å²) in [5.74, 6) is 3.23. The number of aryl methyl sites for hydroxylation is 2. The van der Waals surface area contributed by atoms with Gasteiger partial charge in [-0.2, -0.15) is 0 Å². The van der Waals surface area contributed by atoms with E-state index in [9.17, 15) is 0 Å². The molecule has 0 fully saturated rings. The van der Waals surface area contributed by atoms with Crippen LogP contribution in [0.1, 0.15) is 23.9 Å². The van der Waals surface area contributed by atoms with Crippen LogP contribution in [0.3, 0.4) is 0 Å². The molecule has 0 bridgehead atoms. The Morgan fingerprint density at radius 2 is 1.68 bits per heavy atom. The summed E-state index contributed by atoms with van der Waals surface area (Å²) in [4.78, 5) is 13.2. The van der Waals surface area contributed by atoms with Crippen molar-refractivity contribution in [3.05, 3.63) is 66.0 Å². The van der Waals surface area contributed by atoms with E-state index in [4.69, 9.17) is 9.47 Å². The van der Waals surface area contributed by atoms with Crippen LogP contribution in [0.15, 0.2) is 49.1 Å². The van der Waals surface area contributed by atoms with Gasteiger partial charge in [-0.25, -0.2) is 9.97 Å². The second-order valence-electron chi connectivity index (χ2n) is 7.86. The van der Waals surface area contributed by atoms with Crippen LogP contribution in [0.25, 0.3) is 17.1 Å². The fraction of sp³-hybridized carbons (Fsp3) is 0.292. The van der Waals surface area contributed by atoms with Crippen molar-refractivity contribution in [3.8, 4) is 28.6 Å². The number of ether oxygens (including phenoxy) is 2. The number of para-hydroxylation sites is 1. The van der Waals surface area contributed by atoms with E-state index in [1.165, 1.54) is 11.9 Å². The highest BCUT2D eigenvalue weighted by atomic mass is 32.2. The smallest absolute Gasteiger partial charge is 0.239 e. The molecule has 4 aromatic rings. The molecule has 3 heterocycles. The van der Waals surface area contributed by atoms with Gasteiger partial charge in [-0.1, -0.05) is 13.0 Å². The average molecular weight is 478 g/mol. The summed E-state index contributed by atoms with van der Waals surface area (Å²) in [6.07, 6.45) is 7.94. The highest BCUT2D eigenvalue weighted by Gasteiger charge is 2.23. The molecule has 0 aliphatic carbocycles. The van der Waals surface area contributed by atoms with Gasteiger partial charge >= 0.3 is 0 Å². The second kappa shape index (κ2) is 10.5. The first kappa shape index (κ1) is 23.5. The summed E-state index contributed by atoms with van der Waals surface area (Å²) < 4.78 is 16.6. The minimum atomic E-state index is 0.177. The van der Waals surface area contributed by atoms with Crippen LogP contribution in [0.2, 0.25) is 0 Å². The van der Waals surface area contributed by atoms with Crippen LogP contribution in [-0.2, 0) is 6.42 Å². The lowest BCUT2D eigenvalue weighted by Crippen LogP contribution is -2.11. The molecule has 0 spiro atoms. The fourth-order valence-corrected chi connectivity index (χ4v) is 4.13. The summed E-state index contributed by atoms with van der Waals surface area (Å²) in [5.41, 5.74) is 3.60. The van der Waals surface area contributed by atoms with Gasteiger partial charge in [0, 0.05) is 42.0 Å². The van der Waals surface area contributed by atoms with Gasteiger partial charge in [-0.05, 0) is 55.1 Å².